The number of benzene rings is 2. The van der Waals surface area contributed by atoms with E-state index in [1.807, 2.05) is 48.0 Å². The van der Waals surface area contributed by atoms with Crippen molar-refractivity contribution in [2.45, 2.75) is 32.3 Å². The Morgan fingerprint density at radius 3 is 2.76 bits per heavy atom. The van der Waals surface area contributed by atoms with Crippen molar-refractivity contribution in [3.05, 3.63) is 76.1 Å². The van der Waals surface area contributed by atoms with Crippen LogP contribution in [0.2, 0.25) is 5.02 Å². The maximum Gasteiger partial charge on any atom is 0.308 e. The SMILES string of the molecule is Cn1c(-c2ccccc2C#N)nc(C(=O)N2CC[C@H](C(=O)O)C2)c1CCCCOCc1cccc(Cl)c1. The molecule has 1 atom stereocenters. The van der Waals surface area contributed by atoms with E-state index in [9.17, 15) is 20.0 Å². The minimum atomic E-state index is -0.891. The first-order valence-electron chi connectivity index (χ1n) is 12.3. The summed E-state index contributed by atoms with van der Waals surface area (Å²) in [5.74, 6) is -1.18. The largest absolute Gasteiger partial charge is 0.481 e. The summed E-state index contributed by atoms with van der Waals surface area (Å²) in [4.78, 5) is 31.1. The van der Waals surface area contributed by atoms with Crippen molar-refractivity contribution in [2.75, 3.05) is 19.7 Å². The van der Waals surface area contributed by atoms with E-state index in [1.165, 1.54) is 0 Å². The second-order valence-electron chi connectivity index (χ2n) is 9.16. The van der Waals surface area contributed by atoms with Crippen molar-refractivity contribution in [1.82, 2.24) is 14.5 Å². The van der Waals surface area contributed by atoms with Crippen LogP contribution in [0.25, 0.3) is 11.4 Å². The number of nitriles is 1. The van der Waals surface area contributed by atoms with Crippen molar-refractivity contribution < 1.29 is 19.4 Å². The van der Waals surface area contributed by atoms with Crippen LogP contribution in [0.4, 0.5) is 0 Å². The van der Waals surface area contributed by atoms with E-state index in [4.69, 9.17) is 21.3 Å². The van der Waals surface area contributed by atoms with E-state index in [-0.39, 0.29) is 12.5 Å². The molecule has 1 aliphatic rings. The third-order valence-electron chi connectivity index (χ3n) is 6.64. The smallest absolute Gasteiger partial charge is 0.308 e. The van der Waals surface area contributed by atoms with Gasteiger partial charge in [-0.1, -0.05) is 35.9 Å². The predicted octanol–water partition coefficient (Wildman–Crippen LogP) is 4.70. The molecular formula is C28H29ClN4O4. The van der Waals surface area contributed by atoms with Gasteiger partial charge in [-0.2, -0.15) is 5.26 Å². The summed E-state index contributed by atoms with van der Waals surface area (Å²) in [5.41, 5.74) is 3.22. The lowest BCUT2D eigenvalue weighted by atomic mass is 10.1. The number of likely N-dealkylation sites (tertiary alicyclic amines) is 1. The lowest BCUT2D eigenvalue weighted by Gasteiger charge is -2.15. The Balaban J connectivity index is 1.49. The van der Waals surface area contributed by atoms with Gasteiger partial charge in [-0.05, 0) is 55.5 Å². The molecule has 2 heterocycles. The number of halogens is 1. The fourth-order valence-electron chi connectivity index (χ4n) is 4.62. The number of hydrogen-bond donors (Lipinski definition) is 1. The van der Waals surface area contributed by atoms with Gasteiger partial charge in [-0.3, -0.25) is 9.59 Å². The van der Waals surface area contributed by atoms with E-state index >= 15 is 0 Å². The standard InChI is InChI=1S/C28H29ClN4O4/c1-32-24(11-4-5-14-37-18-19-7-6-9-22(29)15-19)25(27(34)33-13-12-21(17-33)28(35)36)31-26(32)23-10-3-2-8-20(23)16-30/h2-3,6-10,15,21H,4-5,11-14,17-18H2,1H3,(H,35,36)/t21-/m0/s1. The summed E-state index contributed by atoms with van der Waals surface area (Å²) in [6.45, 7) is 1.59. The van der Waals surface area contributed by atoms with Gasteiger partial charge in [0.15, 0.2) is 0 Å². The highest BCUT2D eigenvalue weighted by Gasteiger charge is 2.34. The second-order valence-corrected chi connectivity index (χ2v) is 9.60. The molecule has 37 heavy (non-hydrogen) atoms. The molecule has 4 rings (SSSR count). The molecule has 1 amide bonds. The van der Waals surface area contributed by atoms with Crippen LogP contribution < -0.4 is 0 Å². The molecule has 1 aromatic heterocycles. The van der Waals surface area contributed by atoms with E-state index in [0.717, 1.165) is 24.1 Å². The van der Waals surface area contributed by atoms with E-state index in [2.05, 4.69) is 6.07 Å². The monoisotopic (exact) mass is 520 g/mol. The van der Waals surface area contributed by atoms with Gasteiger partial charge in [0.05, 0.1) is 29.9 Å². The Morgan fingerprint density at radius 2 is 2.03 bits per heavy atom. The highest BCUT2D eigenvalue weighted by atomic mass is 35.5. The number of ether oxygens (including phenoxy) is 1. The number of amides is 1. The first-order valence-corrected chi connectivity index (χ1v) is 12.7. The van der Waals surface area contributed by atoms with Gasteiger partial charge >= 0.3 is 5.97 Å². The second kappa shape index (κ2) is 12.0. The molecule has 1 fully saturated rings. The molecule has 1 aliphatic heterocycles. The highest BCUT2D eigenvalue weighted by molar-refractivity contribution is 6.30. The maximum absolute atomic E-state index is 13.5. The summed E-state index contributed by atoms with van der Waals surface area (Å²) >= 11 is 6.02. The first kappa shape index (κ1) is 26.4. The predicted molar refractivity (Wildman–Crippen MR) is 139 cm³/mol. The number of carbonyl (C=O) groups is 2. The van der Waals surface area contributed by atoms with Crippen LogP contribution in [0.5, 0.6) is 0 Å². The molecule has 0 bridgehead atoms. The number of imidazole rings is 1. The van der Waals surface area contributed by atoms with Crippen LogP contribution in [0.1, 0.15) is 46.6 Å². The number of carbonyl (C=O) groups excluding carboxylic acids is 1. The van der Waals surface area contributed by atoms with Crippen LogP contribution in [-0.4, -0.2) is 51.1 Å². The number of aliphatic carboxylic acids is 1. The Bertz CT molecular complexity index is 1330. The zero-order chi connectivity index (χ0) is 26.4. The van der Waals surface area contributed by atoms with Crippen molar-refractivity contribution >= 4 is 23.5 Å². The minimum Gasteiger partial charge on any atom is -0.481 e. The van der Waals surface area contributed by atoms with E-state index < -0.39 is 11.9 Å². The van der Waals surface area contributed by atoms with Crippen LogP contribution in [0.3, 0.4) is 0 Å². The lowest BCUT2D eigenvalue weighted by Crippen LogP contribution is -2.31. The third kappa shape index (κ3) is 6.19. The average Bonchev–Trinajstić information content (AvgIpc) is 3.51. The molecule has 2 aromatic carbocycles. The molecule has 1 saturated heterocycles. The van der Waals surface area contributed by atoms with Crippen molar-refractivity contribution in [2.24, 2.45) is 13.0 Å². The molecular weight excluding hydrogens is 492 g/mol. The number of carboxylic acid groups (broad SMARTS) is 1. The van der Waals surface area contributed by atoms with Crippen molar-refractivity contribution in [3.63, 3.8) is 0 Å². The number of aromatic nitrogens is 2. The van der Waals surface area contributed by atoms with Gasteiger partial charge in [0.25, 0.3) is 5.91 Å². The van der Waals surface area contributed by atoms with Crippen LogP contribution in [0.15, 0.2) is 48.5 Å². The van der Waals surface area contributed by atoms with Gasteiger partial charge < -0.3 is 19.3 Å². The molecule has 0 radical (unpaired) electrons. The Kier molecular flexibility index (Phi) is 8.59. The third-order valence-corrected chi connectivity index (χ3v) is 6.87. The molecule has 0 aliphatic carbocycles. The molecule has 9 heteroatoms. The number of nitrogens with zero attached hydrogens (tertiary/aromatic N) is 4. The molecule has 8 nitrogen and oxygen atoms in total. The van der Waals surface area contributed by atoms with Gasteiger partial charge in [-0.25, -0.2) is 4.98 Å². The van der Waals surface area contributed by atoms with E-state index in [1.54, 1.807) is 17.0 Å². The summed E-state index contributed by atoms with van der Waals surface area (Å²) in [5, 5.41) is 19.6. The Morgan fingerprint density at radius 1 is 1.22 bits per heavy atom. The number of rotatable bonds is 10. The molecule has 0 saturated carbocycles. The fraction of sp³-hybridized carbons (Fsp3) is 0.357. The minimum absolute atomic E-state index is 0.172. The van der Waals surface area contributed by atoms with Crippen LogP contribution in [-0.2, 0) is 29.6 Å². The molecule has 1 N–H and O–H groups in total. The van der Waals surface area contributed by atoms with Crippen molar-refractivity contribution in [3.8, 4) is 17.5 Å². The zero-order valence-corrected chi connectivity index (χ0v) is 21.4. The van der Waals surface area contributed by atoms with Gasteiger partial charge in [-0.15, -0.1) is 0 Å². The maximum atomic E-state index is 13.5. The summed E-state index contributed by atoms with van der Waals surface area (Å²) < 4.78 is 7.67. The quantitative estimate of drug-likeness (QED) is 0.388. The van der Waals surface area contributed by atoms with Gasteiger partial charge in [0.1, 0.15) is 11.5 Å². The molecule has 3 aromatic rings. The van der Waals surface area contributed by atoms with Gasteiger partial charge in [0, 0.05) is 37.3 Å². The first-order chi connectivity index (χ1) is 17.9. The Hall–Kier alpha value is -3.67. The topological polar surface area (TPSA) is 108 Å². The highest BCUT2D eigenvalue weighted by Crippen LogP contribution is 2.28. The zero-order valence-electron chi connectivity index (χ0n) is 20.7. The summed E-state index contributed by atoms with van der Waals surface area (Å²) in [7, 11) is 1.85. The lowest BCUT2D eigenvalue weighted by molar-refractivity contribution is -0.141. The van der Waals surface area contributed by atoms with Crippen LogP contribution in [0, 0.1) is 17.2 Å². The van der Waals surface area contributed by atoms with E-state index in [0.29, 0.717) is 60.3 Å². The summed E-state index contributed by atoms with van der Waals surface area (Å²) in [6, 6.07) is 16.9. The average molecular weight is 521 g/mol. The fourth-order valence-corrected chi connectivity index (χ4v) is 4.83. The number of hydrogen-bond acceptors (Lipinski definition) is 5. The number of unbranched alkanes of at least 4 members (excludes halogenated alkanes) is 1. The van der Waals surface area contributed by atoms with Crippen LogP contribution >= 0.6 is 11.6 Å². The Labute approximate surface area is 221 Å². The molecule has 192 valence electrons. The number of carboxylic acids is 1. The summed E-state index contributed by atoms with van der Waals surface area (Å²) in [6.07, 6.45) is 2.58. The van der Waals surface area contributed by atoms with Crippen molar-refractivity contribution in [1.29, 1.82) is 5.26 Å². The molecule has 0 spiro atoms. The van der Waals surface area contributed by atoms with Gasteiger partial charge in [0.2, 0.25) is 0 Å². The normalized spacial score (nSPS) is 15.1. The molecule has 0 unspecified atom stereocenters.